The molecule has 0 N–H and O–H groups in total. The molecule has 0 aliphatic carbocycles. The topological polar surface area (TPSA) is 43.4 Å². The predicted octanol–water partition coefficient (Wildman–Crippen LogP) is 1.79. The van der Waals surface area contributed by atoms with Gasteiger partial charge in [0.2, 0.25) is 0 Å². The lowest BCUT2D eigenvalue weighted by Gasteiger charge is -2.21. The molecule has 0 aliphatic rings. The van der Waals surface area contributed by atoms with Crippen molar-refractivity contribution in [2.45, 2.75) is 34.1 Å². The molecule has 0 radical (unpaired) electrons. The van der Waals surface area contributed by atoms with Crippen LogP contribution >= 0.6 is 0 Å². The fraction of sp³-hybridized carbons (Fsp3) is 1.00. The number of rotatable bonds is 5. The number of hydrogen-bond acceptors (Lipinski definition) is 3. The molecule has 0 atom stereocenters. The van der Waals surface area contributed by atoms with E-state index in [9.17, 15) is 8.42 Å². The SMILES string of the molecule is CCC(C)(C)COS(=O)(=O)CC. The molecule has 12 heavy (non-hydrogen) atoms. The molecule has 0 spiro atoms. The fourth-order valence-electron chi connectivity index (χ4n) is 0.435. The van der Waals surface area contributed by atoms with Gasteiger partial charge in [0, 0.05) is 0 Å². The van der Waals surface area contributed by atoms with Gasteiger partial charge in [-0.1, -0.05) is 20.8 Å². The van der Waals surface area contributed by atoms with E-state index in [-0.39, 0.29) is 17.8 Å². The van der Waals surface area contributed by atoms with Gasteiger partial charge in [-0.3, -0.25) is 4.18 Å². The standard InChI is InChI=1S/C8H18O3S/c1-5-8(3,4)7-11-12(9,10)6-2/h5-7H2,1-4H3. The Labute approximate surface area is 75.2 Å². The van der Waals surface area contributed by atoms with Gasteiger partial charge in [0.05, 0.1) is 12.4 Å². The fourth-order valence-corrected chi connectivity index (χ4v) is 1.10. The van der Waals surface area contributed by atoms with Crippen LogP contribution in [0, 0.1) is 5.41 Å². The van der Waals surface area contributed by atoms with Crippen LogP contribution in [0.3, 0.4) is 0 Å². The quantitative estimate of drug-likeness (QED) is 0.627. The van der Waals surface area contributed by atoms with E-state index in [0.29, 0.717) is 0 Å². The Morgan fingerprint density at radius 3 is 2.08 bits per heavy atom. The normalized spacial score (nSPS) is 13.3. The highest BCUT2D eigenvalue weighted by atomic mass is 32.2. The second-order valence-corrected chi connectivity index (χ2v) is 5.55. The molecule has 0 unspecified atom stereocenters. The summed E-state index contributed by atoms with van der Waals surface area (Å²) in [5.74, 6) is 0.0484. The van der Waals surface area contributed by atoms with E-state index < -0.39 is 10.1 Å². The second kappa shape index (κ2) is 4.23. The Morgan fingerprint density at radius 1 is 1.25 bits per heavy atom. The van der Waals surface area contributed by atoms with Crippen LogP contribution in [0.1, 0.15) is 34.1 Å². The Balaban J connectivity index is 4.00. The molecule has 0 fully saturated rings. The van der Waals surface area contributed by atoms with Crippen LogP contribution in [0.4, 0.5) is 0 Å². The van der Waals surface area contributed by atoms with Crippen molar-refractivity contribution in [2.24, 2.45) is 5.41 Å². The molecule has 0 heterocycles. The summed E-state index contributed by atoms with van der Waals surface area (Å²) in [7, 11) is -3.26. The molecule has 0 bridgehead atoms. The monoisotopic (exact) mass is 194 g/mol. The maximum Gasteiger partial charge on any atom is 0.267 e. The molecule has 74 valence electrons. The molecule has 0 saturated carbocycles. The van der Waals surface area contributed by atoms with Gasteiger partial charge in [-0.05, 0) is 18.8 Å². The molecule has 0 amide bonds. The summed E-state index contributed by atoms with van der Waals surface area (Å²) in [6.07, 6.45) is 0.909. The van der Waals surface area contributed by atoms with Gasteiger partial charge < -0.3 is 0 Å². The zero-order chi connectivity index (χ0) is 9.83. The Bertz CT molecular complexity index is 216. The third-order valence-electron chi connectivity index (χ3n) is 1.94. The molecular formula is C8H18O3S. The van der Waals surface area contributed by atoms with Crippen LogP contribution in [-0.4, -0.2) is 20.8 Å². The van der Waals surface area contributed by atoms with Gasteiger partial charge in [-0.2, -0.15) is 8.42 Å². The molecule has 4 heteroatoms. The zero-order valence-corrected chi connectivity index (χ0v) is 9.07. The summed E-state index contributed by atoms with van der Waals surface area (Å²) < 4.78 is 26.7. The van der Waals surface area contributed by atoms with Gasteiger partial charge in [-0.25, -0.2) is 0 Å². The van der Waals surface area contributed by atoms with Gasteiger partial charge in [0.1, 0.15) is 0 Å². The molecule has 0 aromatic carbocycles. The summed E-state index contributed by atoms with van der Waals surface area (Å²) >= 11 is 0. The van der Waals surface area contributed by atoms with E-state index in [4.69, 9.17) is 4.18 Å². The lowest BCUT2D eigenvalue weighted by atomic mass is 9.92. The molecule has 0 aromatic rings. The Morgan fingerprint density at radius 2 is 1.75 bits per heavy atom. The van der Waals surface area contributed by atoms with Crippen LogP contribution in [0.5, 0.6) is 0 Å². The minimum atomic E-state index is -3.26. The van der Waals surface area contributed by atoms with E-state index >= 15 is 0 Å². The highest BCUT2D eigenvalue weighted by Crippen LogP contribution is 2.20. The van der Waals surface area contributed by atoms with Gasteiger partial charge in [-0.15, -0.1) is 0 Å². The molecule has 0 rings (SSSR count). The maximum atomic E-state index is 10.9. The smallest absolute Gasteiger partial charge is 0.267 e. The first-order valence-corrected chi connectivity index (χ1v) is 5.78. The number of hydrogen-bond donors (Lipinski definition) is 0. The third kappa shape index (κ3) is 4.72. The summed E-state index contributed by atoms with van der Waals surface area (Å²) in [6.45, 7) is 7.84. The summed E-state index contributed by atoms with van der Waals surface area (Å²) in [5, 5.41) is 0. The lowest BCUT2D eigenvalue weighted by Crippen LogP contribution is -2.21. The summed E-state index contributed by atoms with van der Waals surface area (Å²) in [4.78, 5) is 0. The first-order valence-electron chi connectivity index (χ1n) is 4.20. The average Bonchev–Trinajstić information content (AvgIpc) is 2.02. The highest BCUT2D eigenvalue weighted by Gasteiger charge is 2.19. The van der Waals surface area contributed by atoms with E-state index in [1.54, 1.807) is 6.92 Å². The minimum absolute atomic E-state index is 0.0484. The van der Waals surface area contributed by atoms with Crippen molar-refractivity contribution in [3.8, 4) is 0 Å². The molecule has 0 aliphatic heterocycles. The van der Waals surface area contributed by atoms with Crippen LogP contribution in [-0.2, 0) is 14.3 Å². The van der Waals surface area contributed by atoms with Crippen molar-refractivity contribution < 1.29 is 12.6 Å². The Hall–Kier alpha value is -0.0900. The first-order chi connectivity index (χ1) is 5.33. The van der Waals surface area contributed by atoms with Gasteiger partial charge in [0.25, 0.3) is 10.1 Å². The van der Waals surface area contributed by atoms with E-state index in [0.717, 1.165) is 6.42 Å². The van der Waals surface area contributed by atoms with E-state index in [2.05, 4.69) is 0 Å². The molecule has 0 aromatic heterocycles. The Kier molecular flexibility index (Phi) is 4.20. The van der Waals surface area contributed by atoms with Crippen LogP contribution in [0.25, 0.3) is 0 Å². The van der Waals surface area contributed by atoms with Crippen LogP contribution in [0.15, 0.2) is 0 Å². The van der Waals surface area contributed by atoms with Gasteiger partial charge >= 0.3 is 0 Å². The minimum Gasteiger partial charge on any atom is -0.270 e. The van der Waals surface area contributed by atoms with Crippen molar-refractivity contribution in [3.63, 3.8) is 0 Å². The highest BCUT2D eigenvalue weighted by molar-refractivity contribution is 7.86. The van der Waals surface area contributed by atoms with Crippen molar-refractivity contribution >= 4 is 10.1 Å². The van der Waals surface area contributed by atoms with Crippen molar-refractivity contribution in [1.82, 2.24) is 0 Å². The molecular weight excluding hydrogens is 176 g/mol. The lowest BCUT2D eigenvalue weighted by molar-refractivity contribution is 0.181. The van der Waals surface area contributed by atoms with Crippen LogP contribution in [0.2, 0.25) is 0 Å². The zero-order valence-electron chi connectivity index (χ0n) is 8.25. The van der Waals surface area contributed by atoms with Crippen LogP contribution < -0.4 is 0 Å². The third-order valence-corrected chi connectivity index (χ3v) is 3.12. The van der Waals surface area contributed by atoms with E-state index in [1.807, 2.05) is 20.8 Å². The molecule has 0 saturated heterocycles. The summed E-state index contributed by atoms with van der Waals surface area (Å²) in [5.41, 5.74) is -0.0533. The summed E-state index contributed by atoms with van der Waals surface area (Å²) in [6, 6.07) is 0. The largest absolute Gasteiger partial charge is 0.270 e. The molecule has 3 nitrogen and oxygen atoms in total. The van der Waals surface area contributed by atoms with Crippen molar-refractivity contribution in [2.75, 3.05) is 12.4 Å². The maximum absolute atomic E-state index is 10.9. The van der Waals surface area contributed by atoms with E-state index in [1.165, 1.54) is 0 Å². The van der Waals surface area contributed by atoms with Crippen molar-refractivity contribution in [3.05, 3.63) is 0 Å². The predicted molar refractivity (Wildman–Crippen MR) is 49.5 cm³/mol. The first kappa shape index (κ1) is 11.9. The van der Waals surface area contributed by atoms with Gasteiger partial charge in [0.15, 0.2) is 0 Å². The second-order valence-electron chi connectivity index (χ2n) is 3.63. The van der Waals surface area contributed by atoms with Crippen molar-refractivity contribution in [1.29, 1.82) is 0 Å². The average molecular weight is 194 g/mol.